The molecule has 1 aliphatic heterocycles. The number of carbonyl (C=O) groups is 3. The molecule has 3 rings (SSSR count). The van der Waals surface area contributed by atoms with Crippen LogP contribution in [0.15, 0.2) is 48.5 Å². The number of hydrogen-bond donors (Lipinski definition) is 0. The number of carbonyl (C=O) groups excluding carboxylic acids is 3. The van der Waals surface area contributed by atoms with Crippen LogP contribution in [0.25, 0.3) is 0 Å². The van der Waals surface area contributed by atoms with Gasteiger partial charge >= 0.3 is 5.97 Å². The molecule has 2 aromatic rings. The van der Waals surface area contributed by atoms with Crippen molar-refractivity contribution in [1.82, 2.24) is 5.06 Å². The molecule has 0 saturated carbocycles. The zero-order chi connectivity index (χ0) is 16.4. The normalized spacial score (nSPS) is 13.2. The first kappa shape index (κ1) is 15.3. The Bertz CT molecular complexity index is 750. The van der Waals surface area contributed by atoms with Gasteiger partial charge in [0.15, 0.2) is 0 Å². The lowest BCUT2D eigenvalue weighted by Crippen LogP contribution is -2.32. The van der Waals surface area contributed by atoms with Crippen LogP contribution >= 0.6 is 11.8 Å². The number of nitrogens with zero attached hydrogens (tertiary/aromatic N) is 1. The smallest absolute Gasteiger partial charge is 0.324 e. The van der Waals surface area contributed by atoms with Gasteiger partial charge in [-0.2, -0.15) is 11.8 Å². The summed E-state index contributed by atoms with van der Waals surface area (Å²) >= 11 is 1.67. The average molecular weight is 327 g/mol. The van der Waals surface area contributed by atoms with Crippen LogP contribution in [0.2, 0.25) is 0 Å². The van der Waals surface area contributed by atoms with Crippen molar-refractivity contribution in [2.45, 2.75) is 5.75 Å². The maximum Gasteiger partial charge on any atom is 0.363 e. The van der Waals surface area contributed by atoms with Gasteiger partial charge in [-0.1, -0.05) is 29.3 Å². The summed E-state index contributed by atoms with van der Waals surface area (Å²) in [6.07, 6.45) is 1.99. The Balaban J connectivity index is 1.76. The fourth-order valence-corrected chi connectivity index (χ4v) is 2.82. The first-order valence-corrected chi connectivity index (χ1v) is 8.29. The van der Waals surface area contributed by atoms with Crippen molar-refractivity contribution in [1.29, 1.82) is 0 Å². The van der Waals surface area contributed by atoms with Crippen LogP contribution in [0.5, 0.6) is 0 Å². The zero-order valence-electron chi connectivity index (χ0n) is 12.3. The number of hydroxylamine groups is 2. The monoisotopic (exact) mass is 327 g/mol. The minimum Gasteiger partial charge on any atom is -0.324 e. The van der Waals surface area contributed by atoms with Crippen LogP contribution < -0.4 is 0 Å². The lowest BCUT2D eigenvalue weighted by Gasteiger charge is -2.12. The van der Waals surface area contributed by atoms with E-state index in [-0.39, 0.29) is 16.7 Å². The van der Waals surface area contributed by atoms with Crippen LogP contribution in [-0.4, -0.2) is 29.1 Å². The number of fused-ring (bicyclic) bond motifs is 1. The maximum absolute atomic E-state index is 12.1. The van der Waals surface area contributed by atoms with E-state index in [9.17, 15) is 14.4 Å². The van der Waals surface area contributed by atoms with Gasteiger partial charge in [-0.15, -0.1) is 0 Å². The van der Waals surface area contributed by atoms with Crippen LogP contribution in [0.3, 0.4) is 0 Å². The van der Waals surface area contributed by atoms with Gasteiger partial charge in [-0.05, 0) is 36.1 Å². The molecular formula is C17H13NO4S. The van der Waals surface area contributed by atoms with E-state index in [1.807, 2.05) is 18.4 Å². The summed E-state index contributed by atoms with van der Waals surface area (Å²) < 4.78 is 0. The van der Waals surface area contributed by atoms with Gasteiger partial charge in [-0.25, -0.2) is 4.79 Å². The SMILES string of the molecule is CSCc1ccc(C(=O)ON2C(=O)c3ccccc3C2=O)cc1. The van der Waals surface area contributed by atoms with E-state index in [1.54, 1.807) is 36.0 Å². The zero-order valence-corrected chi connectivity index (χ0v) is 13.1. The number of rotatable bonds is 4. The highest BCUT2D eigenvalue weighted by molar-refractivity contribution is 7.97. The number of amides is 2. The van der Waals surface area contributed by atoms with Crippen molar-refractivity contribution in [3.63, 3.8) is 0 Å². The highest BCUT2D eigenvalue weighted by Gasteiger charge is 2.38. The van der Waals surface area contributed by atoms with Crippen molar-refractivity contribution in [3.8, 4) is 0 Å². The Kier molecular flexibility index (Phi) is 4.16. The minimum absolute atomic E-state index is 0.237. The Morgan fingerprint density at radius 1 is 1.00 bits per heavy atom. The molecule has 0 fully saturated rings. The molecule has 116 valence electrons. The predicted octanol–water partition coefficient (Wildman–Crippen LogP) is 2.92. The fourth-order valence-electron chi connectivity index (χ4n) is 2.29. The molecule has 0 N–H and O–H groups in total. The van der Waals surface area contributed by atoms with E-state index in [4.69, 9.17) is 4.84 Å². The minimum atomic E-state index is -0.741. The molecule has 0 radical (unpaired) electrons. The molecule has 0 atom stereocenters. The number of hydrogen-bond acceptors (Lipinski definition) is 5. The van der Waals surface area contributed by atoms with Gasteiger partial charge in [-0.3, -0.25) is 9.59 Å². The molecule has 1 heterocycles. The lowest BCUT2D eigenvalue weighted by atomic mass is 10.1. The molecule has 5 nitrogen and oxygen atoms in total. The molecule has 1 aliphatic rings. The van der Waals surface area contributed by atoms with Crippen LogP contribution in [0.4, 0.5) is 0 Å². The first-order valence-electron chi connectivity index (χ1n) is 6.90. The Morgan fingerprint density at radius 2 is 1.57 bits per heavy atom. The predicted molar refractivity (Wildman–Crippen MR) is 86.0 cm³/mol. The second kappa shape index (κ2) is 6.26. The molecule has 0 bridgehead atoms. The van der Waals surface area contributed by atoms with E-state index in [0.717, 1.165) is 11.3 Å². The van der Waals surface area contributed by atoms with Crippen LogP contribution in [-0.2, 0) is 10.6 Å². The Hall–Kier alpha value is -2.60. The van der Waals surface area contributed by atoms with Crippen molar-refractivity contribution in [2.75, 3.05) is 6.26 Å². The van der Waals surface area contributed by atoms with Gasteiger partial charge in [0.05, 0.1) is 16.7 Å². The number of imide groups is 1. The molecular weight excluding hydrogens is 314 g/mol. The number of benzene rings is 2. The highest BCUT2D eigenvalue weighted by Crippen LogP contribution is 2.23. The van der Waals surface area contributed by atoms with E-state index < -0.39 is 17.8 Å². The molecule has 0 aromatic heterocycles. The van der Waals surface area contributed by atoms with Crippen molar-refractivity contribution < 1.29 is 19.2 Å². The highest BCUT2D eigenvalue weighted by atomic mass is 32.2. The summed E-state index contributed by atoms with van der Waals surface area (Å²) in [6, 6.07) is 13.2. The molecule has 0 spiro atoms. The average Bonchev–Trinajstić information content (AvgIpc) is 2.81. The van der Waals surface area contributed by atoms with E-state index >= 15 is 0 Å². The van der Waals surface area contributed by atoms with Crippen molar-refractivity contribution in [2.24, 2.45) is 0 Å². The summed E-state index contributed by atoms with van der Waals surface area (Å²) in [7, 11) is 0. The molecule has 0 aliphatic carbocycles. The van der Waals surface area contributed by atoms with Crippen LogP contribution in [0.1, 0.15) is 36.6 Å². The third-order valence-electron chi connectivity index (χ3n) is 3.43. The molecule has 2 aromatic carbocycles. The Morgan fingerprint density at radius 3 is 2.09 bits per heavy atom. The molecule has 6 heteroatoms. The second-order valence-corrected chi connectivity index (χ2v) is 5.82. The van der Waals surface area contributed by atoms with E-state index in [2.05, 4.69) is 0 Å². The topological polar surface area (TPSA) is 63.7 Å². The first-order chi connectivity index (χ1) is 11.1. The molecule has 23 heavy (non-hydrogen) atoms. The summed E-state index contributed by atoms with van der Waals surface area (Å²) in [4.78, 5) is 41.4. The second-order valence-electron chi connectivity index (χ2n) is 4.96. The lowest BCUT2D eigenvalue weighted by molar-refractivity contribution is -0.0584. The Labute approximate surface area is 137 Å². The standard InChI is InChI=1S/C17H13NO4S/c1-23-10-11-6-8-12(9-7-11)17(21)22-18-15(19)13-4-2-3-5-14(13)16(18)20/h2-9H,10H2,1H3. The van der Waals surface area contributed by atoms with Gasteiger partial charge in [0, 0.05) is 5.75 Å². The summed E-state index contributed by atoms with van der Waals surface area (Å²) in [6.45, 7) is 0. The van der Waals surface area contributed by atoms with Gasteiger partial charge in [0.25, 0.3) is 11.8 Å². The van der Waals surface area contributed by atoms with Gasteiger partial charge in [0.1, 0.15) is 0 Å². The molecule has 0 saturated heterocycles. The number of thioether (sulfide) groups is 1. The largest absolute Gasteiger partial charge is 0.363 e. The van der Waals surface area contributed by atoms with E-state index in [1.165, 1.54) is 12.1 Å². The molecule has 0 unspecified atom stereocenters. The third-order valence-corrected chi connectivity index (χ3v) is 4.05. The quantitative estimate of drug-likeness (QED) is 0.808. The summed E-state index contributed by atoms with van der Waals surface area (Å²) in [5, 5.41) is 0.517. The van der Waals surface area contributed by atoms with Crippen molar-refractivity contribution in [3.05, 3.63) is 70.8 Å². The van der Waals surface area contributed by atoms with Gasteiger partial charge in [0.2, 0.25) is 0 Å². The van der Waals surface area contributed by atoms with Crippen LogP contribution in [0, 0.1) is 0 Å². The fraction of sp³-hybridized carbons (Fsp3) is 0.118. The molecule has 2 amide bonds. The van der Waals surface area contributed by atoms with E-state index in [0.29, 0.717) is 5.06 Å². The maximum atomic E-state index is 12.1. The summed E-state index contributed by atoms with van der Waals surface area (Å²) in [5.41, 5.74) is 1.84. The van der Waals surface area contributed by atoms with Gasteiger partial charge < -0.3 is 4.84 Å². The summed E-state index contributed by atoms with van der Waals surface area (Å²) in [5.74, 6) is -1.15. The van der Waals surface area contributed by atoms with Crippen molar-refractivity contribution >= 4 is 29.5 Å². The third kappa shape index (κ3) is 2.85.